The lowest BCUT2D eigenvalue weighted by Gasteiger charge is -2.15. The molecule has 0 aromatic carbocycles. The van der Waals surface area contributed by atoms with Gasteiger partial charge < -0.3 is 14.6 Å². The Bertz CT molecular complexity index is 570. The Morgan fingerprint density at radius 3 is 1.54 bits per heavy atom. The van der Waals surface area contributed by atoms with Crippen LogP contribution in [0.15, 0.2) is 24.3 Å². The Morgan fingerprint density at radius 2 is 1.03 bits per heavy atom. The summed E-state index contributed by atoms with van der Waals surface area (Å²) in [7, 11) is 0. The zero-order chi connectivity index (χ0) is 27.2. The molecule has 0 aromatic rings. The summed E-state index contributed by atoms with van der Waals surface area (Å²) in [5, 5.41) is 9.46. The summed E-state index contributed by atoms with van der Waals surface area (Å²) in [4.78, 5) is 24.0. The van der Waals surface area contributed by atoms with Gasteiger partial charge in [0.15, 0.2) is 6.10 Å². The number of hydrogen-bond donors (Lipinski definition) is 1. The first-order valence-corrected chi connectivity index (χ1v) is 15.4. The molecule has 0 aliphatic carbocycles. The van der Waals surface area contributed by atoms with Crippen molar-refractivity contribution in [2.75, 3.05) is 13.2 Å². The van der Waals surface area contributed by atoms with Gasteiger partial charge in [-0.3, -0.25) is 9.59 Å². The summed E-state index contributed by atoms with van der Waals surface area (Å²) >= 11 is 0. The largest absolute Gasteiger partial charge is 0.462 e. The van der Waals surface area contributed by atoms with Crippen LogP contribution in [0.3, 0.4) is 0 Å². The summed E-state index contributed by atoms with van der Waals surface area (Å²) < 4.78 is 10.5. The molecule has 0 aliphatic rings. The minimum Gasteiger partial charge on any atom is -0.462 e. The zero-order valence-corrected chi connectivity index (χ0v) is 24.2. The van der Waals surface area contributed by atoms with E-state index < -0.39 is 6.10 Å². The predicted molar refractivity (Wildman–Crippen MR) is 155 cm³/mol. The highest BCUT2D eigenvalue weighted by atomic mass is 16.6. The Balaban J connectivity index is 3.63. The van der Waals surface area contributed by atoms with Crippen molar-refractivity contribution in [1.82, 2.24) is 0 Å². The molecule has 0 spiro atoms. The Hall–Kier alpha value is -1.62. The van der Waals surface area contributed by atoms with Crippen molar-refractivity contribution < 1.29 is 24.2 Å². The Kier molecular flexibility index (Phi) is 27.7. The molecule has 0 amide bonds. The summed E-state index contributed by atoms with van der Waals surface area (Å²) in [6.45, 7) is 4.03. The van der Waals surface area contributed by atoms with Crippen LogP contribution in [0.4, 0.5) is 0 Å². The van der Waals surface area contributed by atoms with Crippen LogP contribution in [-0.2, 0) is 19.1 Å². The highest BCUT2D eigenvalue weighted by Crippen LogP contribution is 2.11. The van der Waals surface area contributed by atoms with Gasteiger partial charge in [-0.05, 0) is 57.8 Å². The van der Waals surface area contributed by atoms with Crippen molar-refractivity contribution in [3.05, 3.63) is 24.3 Å². The summed E-state index contributed by atoms with van der Waals surface area (Å²) in [5.74, 6) is -0.616. The molecule has 37 heavy (non-hydrogen) atoms. The highest BCUT2D eigenvalue weighted by molar-refractivity contribution is 5.70. The molecule has 1 N–H and O–H groups in total. The quantitative estimate of drug-likeness (QED) is 0.0663. The van der Waals surface area contributed by atoms with Crippen LogP contribution in [-0.4, -0.2) is 36.4 Å². The number of carbonyl (C=O) groups excluding carboxylic acids is 2. The summed E-state index contributed by atoms with van der Waals surface area (Å²) in [5.41, 5.74) is 0. The molecule has 0 unspecified atom stereocenters. The van der Waals surface area contributed by atoms with E-state index in [2.05, 4.69) is 38.2 Å². The summed E-state index contributed by atoms with van der Waals surface area (Å²) in [6, 6.07) is 0. The fourth-order valence-electron chi connectivity index (χ4n) is 4.06. The molecule has 0 saturated heterocycles. The minimum absolute atomic E-state index is 0.0720. The number of carbonyl (C=O) groups is 2. The van der Waals surface area contributed by atoms with E-state index in [-0.39, 0.29) is 25.2 Å². The molecule has 0 aliphatic heterocycles. The first-order valence-electron chi connectivity index (χ1n) is 15.4. The number of allylic oxidation sites excluding steroid dienone is 4. The minimum atomic E-state index is -0.772. The van der Waals surface area contributed by atoms with Crippen LogP contribution >= 0.6 is 0 Å². The number of rotatable bonds is 27. The van der Waals surface area contributed by atoms with Crippen molar-refractivity contribution >= 4 is 11.9 Å². The van der Waals surface area contributed by atoms with E-state index in [1.807, 2.05) is 0 Å². The van der Waals surface area contributed by atoms with Gasteiger partial charge >= 0.3 is 11.9 Å². The third kappa shape index (κ3) is 27.2. The third-order valence-electron chi connectivity index (χ3n) is 6.47. The molecule has 0 radical (unpaired) electrons. The van der Waals surface area contributed by atoms with Crippen LogP contribution in [0.1, 0.15) is 149 Å². The molecule has 0 fully saturated rings. The second-order valence-electron chi connectivity index (χ2n) is 10.2. The van der Waals surface area contributed by atoms with Gasteiger partial charge in [0.1, 0.15) is 6.61 Å². The van der Waals surface area contributed by atoms with Crippen molar-refractivity contribution in [1.29, 1.82) is 0 Å². The standard InChI is InChI=1S/C32H58O5/c1-3-5-7-9-11-13-15-17-19-21-23-25-27-32(35)37-30(28-33)29-36-31(34)26-24-22-20-18-16-14-12-10-8-6-4-2/h10-13,30,33H,3-9,14-29H2,1-2H3/b12-10+,13-11+/t30-/m0/s1. The maximum absolute atomic E-state index is 12.0. The van der Waals surface area contributed by atoms with Crippen LogP contribution in [0.2, 0.25) is 0 Å². The molecule has 0 heterocycles. The molecular formula is C32H58O5. The topological polar surface area (TPSA) is 72.8 Å². The van der Waals surface area contributed by atoms with Gasteiger partial charge in [0.2, 0.25) is 0 Å². The van der Waals surface area contributed by atoms with Crippen molar-refractivity contribution in [2.45, 2.75) is 155 Å². The van der Waals surface area contributed by atoms with Crippen LogP contribution < -0.4 is 0 Å². The van der Waals surface area contributed by atoms with Crippen molar-refractivity contribution in [3.63, 3.8) is 0 Å². The van der Waals surface area contributed by atoms with Crippen LogP contribution in [0.25, 0.3) is 0 Å². The lowest BCUT2D eigenvalue weighted by molar-refractivity contribution is -0.161. The van der Waals surface area contributed by atoms with Gasteiger partial charge in [-0.25, -0.2) is 0 Å². The fraction of sp³-hybridized carbons (Fsp3) is 0.812. The predicted octanol–water partition coefficient (Wildman–Crippen LogP) is 8.78. The molecule has 0 rings (SSSR count). The molecule has 1 atom stereocenters. The number of aliphatic hydroxyl groups is 1. The molecule has 0 saturated carbocycles. The molecule has 0 bridgehead atoms. The molecule has 5 heteroatoms. The van der Waals surface area contributed by atoms with Gasteiger partial charge in [-0.2, -0.15) is 0 Å². The number of hydrogen-bond acceptors (Lipinski definition) is 5. The van der Waals surface area contributed by atoms with Gasteiger partial charge in [0, 0.05) is 12.8 Å². The normalized spacial score (nSPS) is 12.4. The first-order chi connectivity index (χ1) is 18.1. The van der Waals surface area contributed by atoms with Crippen LogP contribution in [0, 0.1) is 0 Å². The van der Waals surface area contributed by atoms with Gasteiger partial charge in [-0.15, -0.1) is 0 Å². The Labute approximate surface area is 228 Å². The van der Waals surface area contributed by atoms with E-state index >= 15 is 0 Å². The second kappa shape index (κ2) is 28.9. The molecule has 5 nitrogen and oxygen atoms in total. The monoisotopic (exact) mass is 522 g/mol. The van der Waals surface area contributed by atoms with Crippen molar-refractivity contribution in [3.8, 4) is 0 Å². The van der Waals surface area contributed by atoms with E-state index in [0.29, 0.717) is 12.8 Å². The number of ether oxygens (including phenoxy) is 2. The first kappa shape index (κ1) is 35.4. The number of esters is 2. The smallest absolute Gasteiger partial charge is 0.306 e. The SMILES string of the molecule is CCCC/C=C/CCCCCCCC(=O)OC[C@H](CO)OC(=O)CCCCCCC/C=C/CCCCC. The number of unbranched alkanes of at least 4 members (excludes halogenated alkanes) is 15. The van der Waals surface area contributed by atoms with E-state index in [0.717, 1.165) is 51.4 Å². The van der Waals surface area contributed by atoms with Gasteiger partial charge in [0.05, 0.1) is 6.61 Å². The lowest BCUT2D eigenvalue weighted by Crippen LogP contribution is -2.28. The van der Waals surface area contributed by atoms with Crippen LogP contribution in [0.5, 0.6) is 0 Å². The summed E-state index contributed by atoms with van der Waals surface area (Å²) in [6.07, 6.45) is 30.8. The molecule has 216 valence electrons. The maximum Gasteiger partial charge on any atom is 0.306 e. The Morgan fingerprint density at radius 1 is 0.595 bits per heavy atom. The number of aliphatic hydroxyl groups excluding tert-OH is 1. The average Bonchev–Trinajstić information content (AvgIpc) is 2.90. The maximum atomic E-state index is 12.0. The highest BCUT2D eigenvalue weighted by Gasteiger charge is 2.16. The second-order valence-corrected chi connectivity index (χ2v) is 10.2. The lowest BCUT2D eigenvalue weighted by atomic mass is 10.1. The van der Waals surface area contributed by atoms with Gasteiger partial charge in [0.25, 0.3) is 0 Å². The molecule has 0 aromatic heterocycles. The van der Waals surface area contributed by atoms with E-state index in [1.165, 1.54) is 70.6 Å². The van der Waals surface area contributed by atoms with Gasteiger partial charge in [-0.1, -0.05) is 102 Å². The molecular weight excluding hydrogens is 464 g/mol. The average molecular weight is 523 g/mol. The van der Waals surface area contributed by atoms with E-state index in [9.17, 15) is 14.7 Å². The zero-order valence-electron chi connectivity index (χ0n) is 24.2. The fourth-order valence-corrected chi connectivity index (χ4v) is 4.06. The van der Waals surface area contributed by atoms with E-state index in [1.54, 1.807) is 0 Å². The third-order valence-corrected chi connectivity index (χ3v) is 6.47. The van der Waals surface area contributed by atoms with Crippen molar-refractivity contribution in [2.24, 2.45) is 0 Å². The van der Waals surface area contributed by atoms with E-state index in [4.69, 9.17) is 9.47 Å².